The third-order valence-electron chi connectivity index (χ3n) is 10.4. The zero-order chi connectivity index (χ0) is 51.9. The first-order chi connectivity index (χ1) is 32.6. The number of carbonyl (C=O) groups is 5. The summed E-state index contributed by atoms with van der Waals surface area (Å²) in [7, 11) is 1.52. The lowest BCUT2D eigenvalue weighted by Crippen LogP contribution is -2.30. The number of carbonyl (C=O) groups excluding carboxylic acids is 5. The number of phosphoric ester groups is 1. The molecule has 69 heavy (non-hydrogen) atoms. The lowest BCUT2D eigenvalue weighted by atomic mass is 10.0. The Kier molecular flexibility index (Phi) is 65.4. The zero-order valence-electron chi connectivity index (χ0n) is 46.1. The second-order valence-electron chi connectivity index (χ2n) is 18.2. The molecule has 0 saturated heterocycles. The number of hydrogen-bond donors (Lipinski definition) is 2. The van der Waals surface area contributed by atoms with Crippen molar-refractivity contribution in [2.24, 2.45) is 0 Å². The molecule has 0 saturated carbocycles. The largest absolute Gasteiger partial charge is 0.472 e. The molecule has 0 spiro atoms. The predicted octanol–water partition coefficient (Wildman–Crippen LogP) is 13.8. The van der Waals surface area contributed by atoms with Crippen molar-refractivity contribution in [2.45, 2.75) is 260 Å². The van der Waals surface area contributed by atoms with Crippen LogP contribution < -0.4 is 5.32 Å². The maximum Gasteiger partial charge on any atom is 0.472 e. The molecule has 0 aliphatic rings. The molecule has 0 aromatic heterocycles. The van der Waals surface area contributed by atoms with Gasteiger partial charge in [0.1, 0.15) is 6.61 Å². The van der Waals surface area contributed by atoms with E-state index in [2.05, 4.69) is 19.2 Å². The molecule has 0 fully saturated rings. The van der Waals surface area contributed by atoms with Crippen LogP contribution in [0.1, 0.15) is 257 Å². The molecule has 4 N–H and O–H groups in total. The second-order valence-corrected chi connectivity index (χ2v) is 19.6. The van der Waals surface area contributed by atoms with Crippen molar-refractivity contribution >= 4 is 37.2 Å². The highest BCUT2D eigenvalue weighted by Gasteiger charge is 2.26. The van der Waals surface area contributed by atoms with Gasteiger partial charge in [-0.25, -0.2) is 4.57 Å². The number of hydrogen-bond acceptors (Lipinski definition) is 11. The number of ketones is 2. The number of esters is 2. The van der Waals surface area contributed by atoms with Gasteiger partial charge in [-0.2, -0.15) is 0 Å². The third kappa shape index (κ3) is 74.6. The average molecular weight is 1010 g/mol. The number of nitrogens with one attached hydrogen (secondary N) is 1. The Morgan fingerprint density at radius 2 is 0.841 bits per heavy atom. The quantitative estimate of drug-likeness (QED) is 0.0253. The first-order valence-electron chi connectivity index (χ1n) is 27.1. The second kappa shape index (κ2) is 59.8. The fourth-order valence-corrected chi connectivity index (χ4v) is 7.49. The summed E-state index contributed by atoms with van der Waals surface area (Å²) in [4.78, 5) is 68.4. The van der Waals surface area contributed by atoms with Gasteiger partial charge in [0.05, 0.1) is 13.2 Å². The van der Waals surface area contributed by atoms with Crippen molar-refractivity contribution in [1.29, 1.82) is 0 Å². The van der Waals surface area contributed by atoms with Crippen LogP contribution in [0.5, 0.6) is 0 Å². The SMILES string of the molecule is CC.CC(=O)/C=C\C(C)=O.CCCCCCCCCCCCCCCCCC(=O)OC[C@H](COP(=O)(O)OCCNC(C)=O)OC(=O)CCCCCCCCCCCCCCCCC.CN(C)C.O.[HH].[HH]. The van der Waals surface area contributed by atoms with E-state index in [4.69, 9.17) is 18.5 Å². The number of amides is 1. The highest BCUT2D eigenvalue weighted by atomic mass is 31.2. The molecular weight excluding hydrogens is 900 g/mol. The first-order valence-corrected chi connectivity index (χ1v) is 28.6. The minimum atomic E-state index is -4.48. The molecular formula is C54H113N2O12P. The van der Waals surface area contributed by atoms with E-state index in [0.29, 0.717) is 6.42 Å². The smallest absolute Gasteiger partial charge is 0.462 e. The Hall–Kier alpha value is -2.48. The summed E-state index contributed by atoms with van der Waals surface area (Å²) in [5.74, 6) is -1.34. The van der Waals surface area contributed by atoms with Crippen LogP contribution in [-0.4, -0.2) is 98.3 Å². The lowest BCUT2D eigenvalue weighted by Gasteiger charge is -2.20. The molecule has 1 unspecified atom stereocenters. The van der Waals surface area contributed by atoms with Crippen molar-refractivity contribution in [3.8, 4) is 0 Å². The van der Waals surface area contributed by atoms with Gasteiger partial charge < -0.3 is 30.1 Å². The Bertz CT molecular complexity index is 1230. The van der Waals surface area contributed by atoms with Gasteiger partial charge in [-0.3, -0.25) is 33.0 Å². The molecule has 0 aliphatic heterocycles. The summed E-state index contributed by atoms with van der Waals surface area (Å²) >= 11 is 0. The van der Waals surface area contributed by atoms with E-state index in [-0.39, 0.29) is 58.4 Å². The predicted molar refractivity (Wildman–Crippen MR) is 290 cm³/mol. The average Bonchev–Trinajstić information content (AvgIpc) is 3.28. The number of rotatable bonds is 44. The van der Waals surface area contributed by atoms with Crippen LogP contribution in [0, 0.1) is 0 Å². The number of phosphoric acid groups is 1. The van der Waals surface area contributed by atoms with Gasteiger partial charge in [0.2, 0.25) is 5.91 Å². The Labute approximate surface area is 426 Å². The van der Waals surface area contributed by atoms with Crippen molar-refractivity contribution in [3.05, 3.63) is 12.2 Å². The van der Waals surface area contributed by atoms with Crippen molar-refractivity contribution < 1.29 is 60.3 Å². The molecule has 0 rings (SSSR count). The van der Waals surface area contributed by atoms with Crippen LogP contribution in [-0.2, 0) is 47.1 Å². The Morgan fingerprint density at radius 1 is 0.536 bits per heavy atom. The van der Waals surface area contributed by atoms with E-state index in [9.17, 15) is 33.4 Å². The standard InChI is InChI=1S/C43H84NO9P.C6H8O2.C3H9N.C2H6.H2O.2H2/c1-4-6-8-10-12-14-16-18-20-22-24-26-28-30-32-34-42(46)50-38-41(39-52-54(48,49)51-37-36-44-40(3)45)53-43(47)35-33-31-29-27-25-23-21-19-17-15-13-11-9-7-5-2;1-5(7)3-4-6(2)8;1-4(2)3;1-2;;;/h41H,4-39H2,1-3H3,(H,44,45)(H,48,49);3-4H,1-2H3;1-3H3;1-2H3;1H2;2*1H/b;4-3-;;;;;/t41-;;;;;;/m1....../s1. The summed E-state index contributed by atoms with van der Waals surface area (Å²) in [5, 5.41) is 2.46. The monoisotopic (exact) mass is 1010 g/mol. The summed E-state index contributed by atoms with van der Waals surface area (Å²) in [6.07, 6.45) is 39.1. The molecule has 0 aromatic carbocycles. The molecule has 0 aromatic rings. The van der Waals surface area contributed by atoms with Gasteiger partial charge in [-0.15, -0.1) is 0 Å². The summed E-state index contributed by atoms with van der Waals surface area (Å²) in [6.45, 7) is 11.7. The molecule has 14 nitrogen and oxygen atoms in total. The van der Waals surface area contributed by atoms with Crippen molar-refractivity contribution in [2.75, 3.05) is 47.5 Å². The van der Waals surface area contributed by atoms with Gasteiger partial charge in [-0.1, -0.05) is 207 Å². The summed E-state index contributed by atoms with van der Waals surface area (Å²) in [5.41, 5.74) is 0. The molecule has 1 amide bonds. The molecule has 416 valence electrons. The van der Waals surface area contributed by atoms with Crippen LogP contribution in [0.15, 0.2) is 12.2 Å². The minimum Gasteiger partial charge on any atom is -0.462 e. The fraction of sp³-hybridized carbons (Fsp3) is 0.870. The molecule has 2 atom stereocenters. The van der Waals surface area contributed by atoms with Crippen LogP contribution in [0.3, 0.4) is 0 Å². The van der Waals surface area contributed by atoms with Gasteiger partial charge in [0.15, 0.2) is 17.7 Å². The summed E-state index contributed by atoms with van der Waals surface area (Å²) < 4.78 is 33.2. The van der Waals surface area contributed by atoms with Crippen LogP contribution >= 0.6 is 7.82 Å². The van der Waals surface area contributed by atoms with Crippen LogP contribution in [0.25, 0.3) is 0 Å². The zero-order valence-corrected chi connectivity index (χ0v) is 47.0. The lowest BCUT2D eigenvalue weighted by molar-refractivity contribution is -0.161. The van der Waals surface area contributed by atoms with Crippen LogP contribution in [0.4, 0.5) is 0 Å². The number of ether oxygens (including phenoxy) is 2. The van der Waals surface area contributed by atoms with Crippen LogP contribution in [0.2, 0.25) is 0 Å². The molecule has 0 radical (unpaired) electrons. The first kappa shape index (κ1) is 75.5. The molecule has 15 heteroatoms. The van der Waals surface area contributed by atoms with Gasteiger partial charge >= 0.3 is 19.8 Å². The highest BCUT2D eigenvalue weighted by Crippen LogP contribution is 2.43. The third-order valence-corrected chi connectivity index (χ3v) is 11.4. The van der Waals surface area contributed by atoms with E-state index < -0.39 is 32.5 Å². The van der Waals surface area contributed by atoms with Crippen molar-refractivity contribution in [1.82, 2.24) is 10.2 Å². The molecule has 0 bridgehead atoms. The number of nitrogens with zero attached hydrogens (tertiary/aromatic N) is 1. The van der Waals surface area contributed by atoms with Gasteiger partial charge in [-0.05, 0) is 60.0 Å². The number of allylic oxidation sites excluding steroid dienone is 2. The highest BCUT2D eigenvalue weighted by molar-refractivity contribution is 7.47. The Morgan fingerprint density at radius 3 is 1.14 bits per heavy atom. The van der Waals surface area contributed by atoms with Crippen molar-refractivity contribution in [3.63, 3.8) is 0 Å². The Balaban J connectivity index is -0.000000421. The normalized spacial score (nSPS) is 11.9. The van der Waals surface area contributed by atoms with E-state index in [0.717, 1.165) is 38.5 Å². The maximum atomic E-state index is 12.6. The van der Waals surface area contributed by atoms with Gasteiger partial charge in [0, 0.05) is 29.2 Å². The van der Waals surface area contributed by atoms with Gasteiger partial charge in [0.25, 0.3) is 0 Å². The topological polar surface area (TPSA) is 206 Å². The van der Waals surface area contributed by atoms with E-state index in [1.54, 1.807) is 0 Å². The fourth-order valence-electron chi connectivity index (χ4n) is 6.74. The molecule has 0 aliphatic carbocycles. The maximum absolute atomic E-state index is 12.6. The van der Waals surface area contributed by atoms with E-state index in [1.165, 1.54) is 181 Å². The van der Waals surface area contributed by atoms with E-state index in [1.807, 2.05) is 39.9 Å². The minimum absolute atomic E-state index is 0. The van der Waals surface area contributed by atoms with E-state index >= 15 is 0 Å². The number of unbranched alkanes of at least 4 members (excludes halogenated alkanes) is 28. The summed E-state index contributed by atoms with van der Waals surface area (Å²) in [6, 6.07) is 0. The molecule has 0 heterocycles.